The molecule has 0 fully saturated rings. The molecule has 0 aliphatic rings. The van der Waals surface area contributed by atoms with Crippen LogP contribution in [0.1, 0.15) is 6.92 Å². The van der Waals surface area contributed by atoms with Crippen molar-refractivity contribution < 1.29 is 15.0 Å². The molecule has 0 saturated carbocycles. The molecule has 7 nitrogen and oxygen atoms in total. The van der Waals surface area contributed by atoms with Gasteiger partial charge in [0.1, 0.15) is 11.5 Å². The number of halogens is 2. The number of nitrogens with one attached hydrogen (secondary N) is 1. The first-order chi connectivity index (χ1) is 13.4. The Labute approximate surface area is 178 Å². The van der Waals surface area contributed by atoms with Gasteiger partial charge in [-0.1, -0.05) is 39.3 Å². The Balaban J connectivity index is 1.75. The van der Waals surface area contributed by atoms with E-state index in [-0.39, 0.29) is 28.8 Å². The Morgan fingerprint density at radius 2 is 1.96 bits per heavy atom. The van der Waals surface area contributed by atoms with Crippen LogP contribution in [-0.2, 0) is 11.3 Å². The van der Waals surface area contributed by atoms with Crippen LogP contribution < -0.4 is 5.32 Å². The largest absolute Gasteiger partial charge is 0.507 e. The number of carbonyl (C=O) groups is 1. The monoisotopic (exact) mass is 482 g/mol. The van der Waals surface area contributed by atoms with Crippen LogP contribution in [0.15, 0.2) is 46.0 Å². The number of nitrogens with zero attached hydrogens (tertiary/aromatic N) is 3. The lowest BCUT2D eigenvalue weighted by Crippen LogP contribution is -2.14. The van der Waals surface area contributed by atoms with Gasteiger partial charge in [0.25, 0.3) is 0 Å². The number of hydrogen-bond acceptors (Lipinski definition) is 6. The quantitative estimate of drug-likeness (QED) is 0.352. The van der Waals surface area contributed by atoms with Crippen LogP contribution in [0, 0.1) is 0 Å². The number of amides is 1. The number of hydrogen-bond donors (Lipinski definition) is 3. The summed E-state index contributed by atoms with van der Waals surface area (Å²) in [5.41, 5.74) is 0.790. The van der Waals surface area contributed by atoms with E-state index in [2.05, 4.69) is 31.4 Å². The Morgan fingerprint density at radius 1 is 1.21 bits per heavy atom. The van der Waals surface area contributed by atoms with E-state index < -0.39 is 0 Å². The molecule has 28 heavy (non-hydrogen) atoms. The maximum Gasteiger partial charge on any atom is 0.234 e. The molecular formula is C18H16BrClN4O3S. The average Bonchev–Trinajstić information content (AvgIpc) is 3.07. The zero-order valence-electron chi connectivity index (χ0n) is 14.7. The molecule has 3 aromatic rings. The normalized spacial score (nSPS) is 10.8. The standard InChI is InChI=1S/C18H16BrClN4O3S/c1-2-24-17(12-7-10(19)3-5-14(12)25)22-23-18(24)28-9-16(27)21-13-8-11(20)4-6-15(13)26/h3-8,25-26H,2,9H2,1H3,(H,21,27). The highest BCUT2D eigenvalue weighted by atomic mass is 79.9. The van der Waals surface area contributed by atoms with E-state index in [1.54, 1.807) is 18.2 Å². The van der Waals surface area contributed by atoms with Crippen LogP contribution in [0.5, 0.6) is 11.5 Å². The third kappa shape index (κ3) is 4.60. The van der Waals surface area contributed by atoms with E-state index in [0.717, 1.165) is 4.47 Å². The van der Waals surface area contributed by atoms with Crippen molar-refractivity contribution in [3.05, 3.63) is 45.9 Å². The van der Waals surface area contributed by atoms with Gasteiger partial charge in [-0.05, 0) is 43.3 Å². The first-order valence-corrected chi connectivity index (χ1v) is 10.4. The van der Waals surface area contributed by atoms with Crippen LogP contribution >= 0.6 is 39.3 Å². The minimum absolute atomic E-state index is 0.0631. The molecule has 146 valence electrons. The fraction of sp³-hybridized carbons (Fsp3) is 0.167. The first kappa shape index (κ1) is 20.5. The molecule has 0 aliphatic heterocycles. The number of thioether (sulfide) groups is 1. The predicted octanol–water partition coefficient (Wildman–Crippen LogP) is 4.52. The van der Waals surface area contributed by atoms with Crippen molar-refractivity contribution in [3.8, 4) is 22.9 Å². The maximum atomic E-state index is 12.2. The van der Waals surface area contributed by atoms with Crippen molar-refractivity contribution in [2.24, 2.45) is 0 Å². The van der Waals surface area contributed by atoms with Gasteiger partial charge in [0, 0.05) is 16.0 Å². The summed E-state index contributed by atoms with van der Waals surface area (Å²) in [6.45, 7) is 2.49. The first-order valence-electron chi connectivity index (χ1n) is 8.22. The molecule has 2 aromatic carbocycles. The number of rotatable bonds is 6. The zero-order chi connectivity index (χ0) is 20.3. The van der Waals surface area contributed by atoms with E-state index in [9.17, 15) is 15.0 Å². The van der Waals surface area contributed by atoms with Crippen molar-refractivity contribution >= 4 is 50.9 Å². The van der Waals surface area contributed by atoms with E-state index in [1.165, 1.54) is 30.0 Å². The van der Waals surface area contributed by atoms with E-state index in [1.807, 2.05) is 11.5 Å². The number of benzene rings is 2. The molecule has 0 aliphatic carbocycles. The highest BCUT2D eigenvalue weighted by Crippen LogP contribution is 2.33. The van der Waals surface area contributed by atoms with Crippen molar-refractivity contribution in [2.45, 2.75) is 18.6 Å². The Kier molecular flexibility index (Phi) is 6.48. The van der Waals surface area contributed by atoms with Gasteiger partial charge in [0.15, 0.2) is 11.0 Å². The molecule has 3 N–H and O–H groups in total. The Morgan fingerprint density at radius 3 is 2.71 bits per heavy atom. The molecule has 0 bridgehead atoms. The second kappa shape index (κ2) is 8.85. The van der Waals surface area contributed by atoms with Crippen LogP contribution in [0.3, 0.4) is 0 Å². The van der Waals surface area contributed by atoms with Gasteiger partial charge in [-0.2, -0.15) is 0 Å². The van der Waals surface area contributed by atoms with Crippen LogP contribution in [-0.4, -0.2) is 36.6 Å². The van der Waals surface area contributed by atoms with Crippen LogP contribution in [0.25, 0.3) is 11.4 Å². The topological polar surface area (TPSA) is 100 Å². The molecule has 1 amide bonds. The molecule has 10 heteroatoms. The summed E-state index contributed by atoms with van der Waals surface area (Å²) in [5.74, 6) is 0.286. The fourth-order valence-corrected chi connectivity index (χ4v) is 3.83. The summed E-state index contributed by atoms with van der Waals surface area (Å²) < 4.78 is 2.62. The van der Waals surface area contributed by atoms with Gasteiger partial charge in [-0.3, -0.25) is 4.79 Å². The highest BCUT2D eigenvalue weighted by Gasteiger charge is 2.18. The molecule has 0 radical (unpaired) electrons. The van der Waals surface area contributed by atoms with E-state index in [4.69, 9.17) is 11.6 Å². The number of phenolic OH excluding ortho intramolecular Hbond substituents is 2. The van der Waals surface area contributed by atoms with E-state index in [0.29, 0.717) is 28.1 Å². The van der Waals surface area contributed by atoms with Crippen molar-refractivity contribution in [3.63, 3.8) is 0 Å². The third-order valence-electron chi connectivity index (χ3n) is 3.80. The number of anilines is 1. The minimum Gasteiger partial charge on any atom is -0.507 e. The SMILES string of the molecule is CCn1c(SCC(=O)Nc2cc(Cl)ccc2O)nnc1-c1cc(Br)ccc1O. The average molecular weight is 484 g/mol. The summed E-state index contributed by atoms with van der Waals surface area (Å²) in [4.78, 5) is 12.2. The number of aromatic hydroxyl groups is 2. The lowest BCUT2D eigenvalue weighted by atomic mass is 10.2. The molecule has 0 spiro atoms. The summed E-state index contributed by atoms with van der Waals surface area (Å²) in [5, 5.41) is 31.8. The Hall–Kier alpha value is -2.23. The smallest absolute Gasteiger partial charge is 0.234 e. The second-order valence-electron chi connectivity index (χ2n) is 5.71. The molecular weight excluding hydrogens is 468 g/mol. The molecule has 1 aromatic heterocycles. The molecule has 3 rings (SSSR count). The lowest BCUT2D eigenvalue weighted by Gasteiger charge is -2.10. The van der Waals surface area contributed by atoms with Gasteiger partial charge in [-0.15, -0.1) is 10.2 Å². The van der Waals surface area contributed by atoms with Gasteiger partial charge >= 0.3 is 0 Å². The summed E-state index contributed by atoms with van der Waals surface area (Å²) in [7, 11) is 0. The number of carbonyl (C=O) groups excluding carboxylic acids is 1. The molecule has 1 heterocycles. The molecule has 0 saturated heterocycles. The fourth-order valence-electron chi connectivity index (χ4n) is 2.49. The van der Waals surface area contributed by atoms with Gasteiger partial charge < -0.3 is 20.1 Å². The third-order valence-corrected chi connectivity index (χ3v) is 5.49. The molecule has 0 unspecified atom stereocenters. The van der Waals surface area contributed by atoms with Crippen molar-refractivity contribution in [1.82, 2.24) is 14.8 Å². The van der Waals surface area contributed by atoms with Gasteiger partial charge in [0.05, 0.1) is 17.0 Å². The maximum absolute atomic E-state index is 12.2. The number of phenols is 2. The van der Waals surface area contributed by atoms with Crippen LogP contribution in [0.4, 0.5) is 5.69 Å². The van der Waals surface area contributed by atoms with Crippen LogP contribution in [0.2, 0.25) is 5.02 Å². The van der Waals surface area contributed by atoms with Gasteiger partial charge in [-0.25, -0.2) is 0 Å². The predicted molar refractivity (Wildman–Crippen MR) is 113 cm³/mol. The molecule has 0 atom stereocenters. The summed E-state index contributed by atoms with van der Waals surface area (Å²) in [6, 6.07) is 9.48. The minimum atomic E-state index is -0.319. The highest BCUT2D eigenvalue weighted by molar-refractivity contribution is 9.10. The van der Waals surface area contributed by atoms with Crippen molar-refractivity contribution in [1.29, 1.82) is 0 Å². The zero-order valence-corrected chi connectivity index (χ0v) is 17.8. The summed E-state index contributed by atoms with van der Waals surface area (Å²) >= 11 is 10.5. The second-order valence-corrected chi connectivity index (χ2v) is 8.00. The lowest BCUT2D eigenvalue weighted by molar-refractivity contribution is -0.113. The van der Waals surface area contributed by atoms with E-state index >= 15 is 0 Å². The number of aromatic nitrogens is 3. The Bertz CT molecular complexity index is 1030. The van der Waals surface area contributed by atoms with Crippen molar-refractivity contribution in [2.75, 3.05) is 11.1 Å². The summed E-state index contributed by atoms with van der Waals surface area (Å²) in [6.07, 6.45) is 0. The van der Waals surface area contributed by atoms with Gasteiger partial charge in [0.2, 0.25) is 5.91 Å².